The molecule has 9 nitrogen and oxygen atoms in total. The van der Waals surface area contributed by atoms with Gasteiger partial charge in [0.05, 0.1) is 25.2 Å². The monoisotopic (exact) mass is 495 g/mol. The molecule has 0 radical (unpaired) electrons. The summed E-state index contributed by atoms with van der Waals surface area (Å²) in [5, 5.41) is 14.7. The Morgan fingerprint density at radius 1 is 0.833 bits per heavy atom. The van der Waals surface area contributed by atoms with Crippen molar-refractivity contribution >= 4 is 23.5 Å². The molecule has 2 fully saturated rings. The number of carbonyl (C=O) groups is 3. The van der Waals surface area contributed by atoms with Crippen LogP contribution in [0.25, 0.3) is 0 Å². The Hall–Kier alpha value is -3.59. The fourth-order valence-corrected chi connectivity index (χ4v) is 4.51. The average molecular weight is 496 g/mol. The van der Waals surface area contributed by atoms with E-state index in [1.165, 1.54) is 0 Å². The molecule has 3 N–H and O–H groups in total. The number of nitrogens with one attached hydrogen (secondary N) is 2. The summed E-state index contributed by atoms with van der Waals surface area (Å²) >= 11 is 0. The molecular formula is C27H33N3O6. The largest absolute Gasteiger partial charge is 0.490 e. The lowest BCUT2D eigenvalue weighted by Gasteiger charge is -2.28. The van der Waals surface area contributed by atoms with E-state index in [4.69, 9.17) is 14.6 Å². The average Bonchev–Trinajstić information content (AvgIpc) is 2.92. The lowest BCUT2D eigenvalue weighted by atomic mass is 9.87. The van der Waals surface area contributed by atoms with Crippen molar-refractivity contribution in [1.29, 1.82) is 0 Å². The normalized spacial score (nSPS) is 19.8. The minimum Gasteiger partial charge on any atom is -0.490 e. The minimum absolute atomic E-state index is 0.000501. The van der Waals surface area contributed by atoms with E-state index in [0.717, 1.165) is 18.8 Å². The number of nitrogens with zero attached hydrogens (tertiary/aromatic N) is 1. The van der Waals surface area contributed by atoms with Gasteiger partial charge in [-0.15, -0.1) is 0 Å². The Bertz CT molecular complexity index is 1030. The summed E-state index contributed by atoms with van der Waals surface area (Å²) in [5.41, 5.74) is 2.15. The number of ether oxygens (including phenoxy) is 2. The number of carboxylic acid groups (broad SMARTS) is 1. The van der Waals surface area contributed by atoms with Gasteiger partial charge in [0.1, 0.15) is 5.75 Å². The fraction of sp³-hybridized carbons (Fsp3) is 0.444. The van der Waals surface area contributed by atoms with Crippen LogP contribution in [0.2, 0.25) is 0 Å². The number of aliphatic carboxylic acids is 1. The van der Waals surface area contributed by atoms with Gasteiger partial charge in [0.25, 0.3) is 11.8 Å². The van der Waals surface area contributed by atoms with Gasteiger partial charge in [-0.2, -0.15) is 0 Å². The van der Waals surface area contributed by atoms with Crippen LogP contribution in [0.5, 0.6) is 5.75 Å². The van der Waals surface area contributed by atoms with Crippen LogP contribution in [0, 0.1) is 5.92 Å². The maximum atomic E-state index is 12.4. The van der Waals surface area contributed by atoms with E-state index < -0.39 is 5.97 Å². The molecule has 0 aromatic heterocycles. The number of benzene rings is 2. The summed E-state index contributed by atoms with van der Waals surface area (Å²) in [4.78, 5) is 38.1. The van der Waals surface area contributed by atoms with E-state index in [9.17, 15) is 14.4 Å². The summed E-state index contributed by atoms with van der Waals surface area (Å²) in [6.45, 7) is 3.73. The Morgan fingerprint density at radius 2 is 1.36 bits per heavy atom. The number of amides is 2. The van der Waals surface area contributed by atoms with Gasteiger partial charge in [-0.1, -0.05) is 0 Å². The molecule has 1 aliphatic heterocycles. The van der Waals surface area contributed by atoms with Crippen LogP contribution in [0.3, 0.4) is 0 Å². The summed E-state index contributed by atoms with van der Waals surface area (Å²) in [7, 11) is 0. The summed E-state index contributed by atoms with van der Waals surface area (Å²) in [5.74, 6) is -0.760. The van der Waals surface area contributed by atoms with Crippen molar-refractivity contribution in [2.45, 2.75) is 31.8 Å². The molecule has 1 heterocycles. The Labute approximate surface area is 210 Å². The molecule has 1 aliphatic carbocycles. The third kappa shape index (κ3) is 6.97. The van der Waals surface area contributed by atoms with Crippen LogP contribution in [0.15, 0.2) is 48.5 Å². The van der Waals surface area contributed by atoms with Gasteiger partial charge in [-0.05, 0) is 74.2 Å². The van der Waals surface area contributed by atoms with E-state index in [-0.39, 0.29) is 23.8 Å². The topological polar surface area (TPSA) is 117 Å². The molecule has 2 aliphatic rings. The number of hydrogen-bond donors (Lipinski definition) is 3. The highest BCUT2D eigenvalue weighted by molar-refractivity contribution is 5.95. The maximum Gasteiger partial charge on any atom is 0.306 e. The van der Waals surface area contributed by atoms with Crippen LogP contribution >= 0.6 is 0 Å². The molecule has 1 saturated carbocycles. The molecule has 0 bridgehead atoms. The van der Waals surface area contributed by atoms with E-state index in [0.29, 0.717) is 68.9 Å². The number of rotatable bonds is 9. The zero-order valence-corrected chi connectivity index (χ0v) is 20.3. The molecule has 36 heavy (non-hydrogen) atoms. The van der Waals surface area contributed by atoms with E-state index >= 15 is 0 Å². The number of anilines is 1. The first-order chi connectivity index (χ1) is 17.5. The number of carboxylic acids is 1. The molecule has 2 aromatic carbocycles. The molecule has 2 amide bonds. The molecule has 2 aromatic rings. The Morgan fingerprint density at radius 3 is 1.89 bits per heavy atom. The van der Waals surface area contributed by atoms with Crippen LogP contribution in [0.4, 0.5) is 5.69 Å². The first-order valence-corrected chi connectivity index (χ1v) is 12.5. The van der Waals surface area contributed by atoms with Gasteiger partial charge >= 0.3 is 5.97 Å². The van der Waals surface area contributed by atoms with Crippen LogP contribution < -0.4 is 20.3 Å². The second-order valence-corrected chi connectivity index (χ2v) is 9.11. The number of carbonyl (C=O) groups excluding carboxylic acids is 2. The van der Waals surface area contributed by atoms with Crippen LogP contribution in [-0.2, 0) is 9.53 Å². The second-order valence-electron chi connectivity index (χ2n) is 9.11. The molecular weight excluding hydrogens is 462 g/mol. The van der Waals surface area contributed by atoms with Crippen LogP contribution in [-0.4, -0.2) is 68.4 Å². The molecule has 0 spiro atoms. The van der Waals surface area contributed by atoms with E-state index in [1.807, 2.05) is 12.1 Å². The highest BCUT2D eigenvalue weighted by Crippen LogP contribution is 2.28. The number of hydrogen-bond acceptors (Lipinski definition) is 6. The molecule has 4 rings (SSSR count). The molecule has 0 atom stereocenters. The standard InChI is InChI=1S/C27H33N3O6/c31-25(19-1-7-22(8-2-19)30-15-17-35-18-16-30)28-13-14-29-26(32)20-3-9-23(10-4-20)36-24-11-5-21(6-12-24)27(33)34/h1-4,7-10,21,24H,5-6,11-18H2,(H,28,31)(H,29,32)(H,33,34)/t21-,24+. The van der Waals surface area contributed by atoms with Crippen molar-refractivity contribution in [2.75, 3.05) is 44.3 Å². The van der Waals surface area contributed by atoms with Crippen molar-refractivity contribution < 1.29 is 29.0 Å². The van der Waals surface area contributed by atoms with Crippen LogP contribution in [0.1, 0.15) is 46.4 Å². The molecule has 9 heteroatoms. The van der Waals surface area contributed by atoms with E-state index in [1.54, 1.807) is 36.4 Å². The van der Waals surface area contributed by atoms with Gasteiger partial charge in [0.2, 0.25) is 0 Å². The van der Waals surface area contributed by atoms with Gasteiger partial charge in [0, 0.05) is 43.0 Å². The third-order valence-corrected chi connectivity index (χ3v) is 6.64. The van der Waals surface area contributed by atoms with Crippen molar-refractivity contribution in [3.63, 3.8) is 0 Å². The highest BCUT2D eigenvalue weighted by Gasteiger charge is 2.26. The van der Waals surface area contributed by atoms with Gasteiger partial charge in [-0.25, -0.2) is 0 Å². The smallest absolute Gasteiger partial charge is 0.306 e. The van der Waals surface area contributed by atoms with Gasteiger partial charge in [-0.3, -0.25) is 14.4 Å². The van der Waals surface area contributed by atoms with Crippen molar-refractivity contribution in [3.8, 4) is 5.75 Å². The highest BCUT2D eigenvalue weighted by atomic mass is 16.5. The second kappa shape index (κ2) is 12.4. The van der Waals surface area contributed by atoms with E-state index in [2.05, 4.69) is 15.5 Å². The Balaban J connectivity index is 1.15. The predicted molar refractivity (Wildman–Crippen MR) is 135 cm³/mol. The zero-order chi connectivity index (χ0) is 25.3. The zero-order valence-electron chi connectivity index (χ0n) is 20.3. The maximum absolute atomic E-state index is 12.4. The van der Waals surface area contributed by atoms with Gasteiger partial charge < -0.3 is 30.1 Å². The molecule has 0 unspecified atom stereocenters. The third-order valence-electron chi connectivity index (χ3n) is 6.64. The fourth-order valence-electron chi connectivity index (χ4n) is 4.51. The Kier molecular flexibility index (Phi) is 8.78. The first-order valence-electron chi connectivity index (χ1n) is 12.5. The molecule has 1 saturated heterocycles. The van der Waals surface area contributed by atoms with Gasteiger partial charge in [0.15, 0.2) is 0 Å². The quantitative estimate of drug-likeness (QED) is 0.458. The SMILES string of the molecule is O=C(NCCNC(=O)c1ccc(N2CCOCC2)cc1)c1ccc(O[C@H]2CC[C@@H](C(=O)O)CC2)cc1. The lowest BCUT2D eigenvalue weighted by molar-refractivity contribution is -0.143. The minimum atomic E-state index is -0.735. The summed E-state index contributed by atoms with van der Waals surface area (Å²) in [6, 6.07) is 14.4. The summed E-state index contributed by atoms with van der Waals surface area (Å²) in [6.07, 6.45) is 2.67. The predicted octanol–water partition coefficient (Wildman–Crippen LogP) is 2.71. The van der Waals surface area contributed by atoms with Crippen molar-refractivity contribution in [2.24, 2.45) is 5.92 Å². The lowest BCUT2D eigenvalue weighted by Crippen LogP contribution is -2.36. The summed E-state index contributed by atoms with van der Waals surface area (Å²) < 4.78 is 11.3. The molecule has 192 valence electrons. The van der Waals surface area contributed by atoms with Crippen molar-refractivity contribution in [3.05, 3.63) is 59.7 Å². The first kappa shape index (κ1) is 25.5. The number of morpholine rings is 1. The van der Waals surface area contributed by atoms with Crippen molar-refractivity contribution in [1.82, 2.24) is 10.6 Å².